The molecule has 1 aromatic rings. The molecule has 0 radical (unpaired) electrons. The zero-order valence-electron chi connectivity index (χ0n) is 16.2. The SMILES string of the molecule is COC(=O)[C@@H](CCCCNC1CCCCC1)NC(=O)OCc1ccccc1. The van der Waals surface area contributed by atoms with Crippen molar-refractivity contribution in [3.63, 3.8) is 0 Å². The molecule has 1 atom stereocenters. The fraction of sp³-hybridized carbons (Fsp3) is 0.619. The van der Waals surface area contributed by atoms with Crippen molar-refractivity contribution in [3.8, 4) is 0 Å². The zero-order valence-corrected chi connectivity index (χ0v) is 16.2. The van der Waals surface area contributed by atoms with E-state index in [9.17, 15) is 9.59 Å². The van der Waals surface area contributed by atoms with Crippen molar-refractivity contribution in [1.82, 2.24) is 10.6 Å². The molecule has 2 rings (SSSR count). The Bertz CT molecular complexity index is 559. The highest BCUT2D eigenvalue weighted by Gasteiger charge is 2.22. The maximum atomic E-state index is 12.0. The topological polar surface area (TPSA) is 76.7 Å². The molecule has 2 N–H and O–H groups in total. The zero-order chi connectivity index (χ0) is 19.3. The van der Waals surface area contributed by atoms with Crippen LogP contribution in [0.3, 0.4) is 0 Å². The lowest BCUT2D eigenvalue weighted by molar-refractivity contribution is -0.143. The number of nitrogens with one attached hydrogen (secondary N) is 2. The maximum absolute atomic E-state index is 12.0. The van der Waals surface area contributed by atoms with Gasteiger partial charge in [-0.05, 0) is 44.2 Å². The summed E-state index contributed by atoms with van der Waals surface area (Å²) in [5.74, 6) is -0.438. The van der Waals surface area contributed by atoms with E-state index in [0.717, 1.165) is 24.9 Å². The van der Waals surface area contributed by atoms with Gasteiger partial charge in [0.2, 0.25) is 0 Å². The Morgan fingerprint density at radius 2 is 1.85 bits per heavy atom. The lowest BCUT2D eigenvalue weighted by Crippen LogP contribution is -2.41. The van der Waals surface area contributed by atoms with Gasteiger partial charge in [0, 0.05) is 6.04 Å². The first-order valence-corrected chi connectivity index (χ1v) is 9.97. The number of hydrogen-bond donors (Lipinski definition) is 2. The average molecular weight is 376 g/mol. The number of alkyl carbamates (subject to hydrolysis) is 1. The quantitative estimate of drug-likeness (QED) is 0.482. The van der Waals surface area contributed by atoms with Crippen molar-refractivity contribution >= 4 is 12.1 Å². The van der Waals surface area contributed by atoms with Crippen molar-refractivity contribution < 1.29 is 19.1 Å². The van der Waals surface area contributed by atoms with Crippen molar-refractivity contribution in [2.75, 3.05) is 13.7 Å². The summed E-state index contributed by atoms with van der Waals surface area (Å²) >= 11 is 0. The van der Waals surface area contributed by atoms with Gasteiger partial charge < -0.3 is 20.1 Å². The van der Waals surface area contributed by atoms with E-state index in [1.807, 2.05) is 30.3 Å². The summed E-state index contributed by atoms with van der Waals surface area (Å²) in [6, 6.07) is 9.40. The number of amides is 1. The van der Waals surface area contributed by atoms with Crippen LogP contribution >= 0.6 is 0 Å². The van der Waals surface area contributed by atoms with Crippen LogP contribution in [0, 0.1) is 0 Å². The molecule has 0 unspecified atom stereocenters. The van der Waals surface area contributed by atoms with Gasteiger partial charge in [-0.25, -0.2) is 9.59 Å². The van der Waals surface area contributed by atoms with Gasteiger partial charge in [0.15, 0.2) is 0 Å². The Kier molecular flexibility index (Phi) is 9.69. The number of esters is 1. The number of carbonyl (C=O) groups is 2. The van der Waals surface area contributed by atoms with Crippen LogP contribution in [0.15, 0.2) is 30.3 Å². The third-order valence-corrected chi connectivity index (χ3v) is 4.95. The lowest BCUT2D eigenvalue weighted by Gasteiger charge is -2.23. The van der Waals surface area contributed by atoms with E-state index in [1.165, 1.54) is 39.2 Å². The Balaban J connectivity index is 1.65. The van der Waals surface area contributed by atoms with E-state index in [2.05, 4.69) is 10.6 Å². The molecule has 1 aromatic carbocycles. The van der Waals surface area contributed by atoms with Crippen LogP contribution in [0.2, 0.25) is 0 Å². The molecule has 0 heterocycles. The second kappa shape index (κ2) is 12.3. The molecule has 150 valence electrons. The summed E-state index contributed by atoms with van der Waals surface area (Å²) in [4.78, 5) is 23.9. The van der Waals surface area contributed by atoms with E-state index in [4.69, 9.17) is 9.47 Å². The van der Waals surface area contributed by atoms with Crippen molar-refractivity contribution in [1.29, 1.82) is 0 Å². The van der Waals surface area contributed by atoms with Crippen LogP contribution in [0.5, 0.6) is 0 Å². The molecule has 27 heavy (non-hydrogen) atoms. The molecule has 0 aromatic heterocycles. The number of methoxy groups -OCH3 is 1. The third kappa shape index (κ3) is 8.43. The van der Waals surface area contributed by atoms with Crippen LogP contribution in [-0.4, -0.2) is 37.8 Å². The fourth-order valence-electron chi connectivity index (χ4n) is 3.38. The highest BCUT2D eigenvalue weighted by atomic mass is 16.6. The molecular weight excluding hydrogens is 344 g/mol. The van der Waals surface area contributed by atoms with Gasteiger partial charge in [-0.2, -0.15) is 0 Å². The van der Waals surface area contributed by atoms with Crippen molar-refractivity contribution in [3.05, 3.63) is 35.9 Å². The maximum Gasteiger partial charge on any atom is 0.408 e. The van der Waals surface area contributed by atoms with Gasteiger partial charge >= 0.3 is 12.1 Å². The lowest BCUT2D eigenvalue weighted by atomic mass is 9.95. The number of hydrogen-bond acceptors (Lipinski definition) is 5. The molecule has 0 aliphatic heterocycles. The van der Waals surface area contributed by atoms with Gasteiger partial charge in [0.05, 0.1) is 7.11 Å². The molecule has 0 bridgehead atoms. The Morgan fingerprint density at radius 1 is 1.11 bits per heavy atom. The number of ether oxygens (including phenoxy) is 2. The molecular formula is C21H32N2O4. The van der Waals surface area contributed by atoms with Gasteiger partial charge in [-0.1, -0.05) is 49.6 Å². The molecule has 1 aliphatic rings. The summed E-state index contributed by atoms with van der Waals surface area (Å²) in [6.07, 6.45) is 8.25. The molecule has 0 spiro atoms. The summed E-state index contributed by atoms with van der Waals surface area (Å²) < 4.78 is 9.99. The first kappa shape index (κ1) is 21.2. The number of carbonyl (C=O) groups excluding carboxylic acids is 2. The Morgan fingerprint density at radius 3 is 2.56 bits per heavy atom. The third-order valence-electron chi connectivity index (χ3n) is 4.95. The first-order valence-electron chi connectivity index (χ1n) is 9.97. The highest BCUT2D eigenvalue weighted by molar-refractivity contribution is 5.81. The normalized spacial score (nSPS) is 15.7. The van der Waals surface area contributed by atoms with Crippen LogP contribution in [0.4, 0.5) is 4.79 Å². The summed E-state index contributed by atoms with van der Waals surface area (Å²) in [5, 5.41) is 6.21. The summed E-state index contributed by atoms with van der Waals surface area (Å²) in [7, 11) is 1.33. The monoisotopic (exact) mass is 376 g/mol. The molecule has 1 saturated carbocycles. The van der Waals surface area contributed by atoms with Crippen LogP contribution in [0.25, 0.3) is 0 Å². The van der Waals surface area contributed by atoms with Crippen LogP contribution < -0.4 is 10.6 Å². The Labute approximate surface area is 162 Å². The van der Waals surface area contributed by atoms with Crippen LogP contribution in [0.1, 0.15) is 56.9 Å². The fourth-order valence-corrected chi connectivity index (χ4v) is 3.38. The molecule has 1 fully saturated rings. The second-order valence-corrected chi connectivity index (χ2v) is 7.07. The predicted octanol–water partition coefficient (Wildman–Crippen LogP) is 3.55. The van der Waals surface area contributed by atoms with E-state index < -0.39 is 18.1 Å². The first-order chi connectivity index (χ1) is 13.2. The Hall–Kier alpha value is -2.08. The predicted molar refractivity (Wildman–Crippen MR) is 104 cm³/mol. The smallest absolute Gasteiger partial charge is 0.408 e. The molecule has 6 nitrogen and oxygen atoms in total. The van der Waals surface area contributed by atoms with Gasteiger partial charge in [0.25, 0.3) is 0 Å². The second-order valence-electron chi connectivity index (χ2n) is 7.07. The minimum atomic E-state index is -0.673. The average Bonchev–Trinajstić information content (AvgIpc) is 2.72. The largest absolute Gasteiger partial charge is 0.467 e. The number of unbranched alkanes of at least 4 members (excludes halogenated alkanes) is 1. The van der Waals surface area contributed by atoms with E-state index in [0.29, 0.717) is 12.5 Å². The number of rotatable bonds is 10. The summed E-state index contributed by atoms with van der Waals surface area (Å²) in [5.41, 5.74) is 0.899. The molecule has 1 amide bonds. The minimum Gasteiger partial charge on any atom is -0.467 e. The minimum absolute atomic E-state index is 0.172. The standard InChI is InChI=1S/C21H32N2O4/c1-26-20(24)19(14-8-9-15-22-18-12-6-3-7-13-18)23-21(25)27-16-17-10-4-2-5-11-17/h2,4-5,10-11,18-19,22H,3,6-9,12-16H2,1H3,(H,23,25)/t19-/m1/s1. The number of benzene rings is 1. The molecule has 0 saturated heterocycles. The van der Waals surface area contributed by atoms with Crippen LogP contribution in [-0.2, 0) is 20.9 Å². The van der Waals surface area contributed by atoms with Crippen molar-refractivity contribution in [2.45, 2.75) is 70.1 Å². The van der Waals surface area contributed by atoms with Gasteiger partial charge in [-0.3, -0.25) is 0 Å². The van der Waals surface area contributed by atoms with Crippen molar-refractivity contribution in [2.24, 2.45) is 0 Å². The van der Waals surface area contributed by atoms with E-state index >= 15 is 0 Å². The molecule has 1 aliphatic carbocycles. The van der Waals surface area contributed by atoms with Gasteiger partial charge in [0.1, 0.15) is 12.6 Å². The molecule has 6 heteroatoms. The highest BCUT2D eigenvalue weighted by Crippen LogP contribution is 2.17. The van der Waals surface area contributed by atoms with E-state index in [-0.39, 0.29) is 6.61 Å². The van der Waals surface area contributed by atoms with Gasteiger partial charge in [-0.15, -0.1) is 0 Å². The van der Waals surface area contributed by atoms with E-state index in [1.54, 1.807) is 0 Å². The summed E-state index contributed by atoms with van der Waals surface area (Å²) in [6.45, 7) is 1.11.